The lowest BCUT2D eigenvalue weighted by molar-refractivity contribution is 0.0696. The van der Waals surface area contributed by atoms with Crippen molar-refractivity contribution in [3.05, 3.63) is 48.3 Å². The van der Waals surface area contributed by atoms with Gasteiger partial charge in [-0.05, 0) is 24.3 Å². The lowest BCUT2D eigenvalue weighted by atomic mass is 10.3. The van der Waals surface area contributed by atoms with Crippen molar-refractivity contribution in [2.24, 2.45) is 0 Å². The van der Waals surface area contributed by atoms with Gasteiger partial charge in [0.05, 0.1) is 5.56 Å². The van der Waals surface area contributed by atoms with Gasteiger partial charge < -0.3 is 5.11 Å². The van der Waals surface area contributed by atoms with Crippen LogP contribution < -0.4 is 0 Å². The summed E-state index contributed by atoms with van der Waals surface area (Å²) in [5.74, 6) is -1.12. The van der Waals surface area contributed by atoms with Gasteiger partial charge in [-0.15, -0.1) is 0 Å². The van der Waals surface area contributed by atoms with Crippen molar-refractivity contribution < 1.29 is 14.1 Å². The van der Waals surface area contributed by atoms with Crippen LogP contribution in [-0.4, -0.2) is 25.3 Å². The van der Waals surface area contributed by atoms with E-state index in [2.05, 4.69) is 9.97 Å². The van der Waals surface area contributed by atoms with Crippen LogP contribution in [0.5, 0.6) is 0 Å². The molecule has 7 heteroatoms. The van der Waals surface area contributed by atoms with E-state index >= 15 is 0 Å². The van der Waals surface area contributed by atoms with Crippen molar-refractivity contribution in [1.82, 2.24) is 9.97 Å². The van der Waals surface area contributed by atoms with Gasteiger partial charge in [0.25, 0.3) is 0 Å². The van der Waals surface area contributed by atoms with Crippen LogP contribution in [0.2, 0.25) is 0 Å². The SMILES string of the molecule is N=S(=O)(c1ccccn1)c1ccc(C(=O)O)cn1. The van der Waals surface area contributed by atoms with Crippen molar-refractivity contribution >= 4 is 15.7 Å². The van der Waals surface area contributed by atoms with E-state index in [0.29, 0.717) is 0 Å². The Hall–Kier alpha value is -2.28. The molecular weight excluding hydrogens is 254 g/mol. The highest BCUT2D eigenvalue weighted by Gasteiger charge is 2.16. The molecule has 0 saturated carbocycles. The molecule has 2 heterocycles. The summed E-state index contributed by atoms with van der Waals surface area (Å²) in [5, 5.41) is 8.81. The molecule has 0 aliphatic heterocycles. The van der Waals surface area contributed by atoms with Gasteiger partial charge in [-0.25, -0.2) is 23.8 Å². The molecule has 2 rings (SSSR count). The molecule has 0 bridgehead atoms. The molecule has 2 aromatic rings. The van der Waals surface area contributed by atoms with E-state index in [9.17, 15) is 9.00 Å². The number of rotatable bonds is 3. The maximum absolute atomic E-state index is 12.3. The third-order valence-corrected chi connectivity index (χ3v) is 3.87. The van der Waals surface area contributed by atoms with Crippen molar-refractivity contribution in [3.8, 4) is 0 Å². The van der Waals surface area contributed by atoms with Gasteiger partial charge >= 0.3 is 5.97 Å². The summed E-state index contributed by atoms with van der Waals surface area (Å²) in [6, 6.07) is 7.29. The van der Waals surface area contributed by atoms with E-state index in [0.717, 1.165) is 6.20 Å². The highest BCUT2D eigenvalue weighted by molar-refractivity contribution is 7.92. The van der Waals surface area contributed by atoms with Crippen LogP contribution in [0, 0.1) is 4.78 Å². The minimum Gasteiger partial charge on any atom is -0.478 e. The summed E-state index contributed by atoms with van der Waals surface area (Å²) in [6.07, 6.45) is 2.52. The third kappa shape index (κ3) is 2.21. The molecule has 0 aliphatic rings. The van der Waals surface area contributed by atoms with Crippen molar-refractivity contribution in [2.45, 2.75) is 10.1 Å². The molecule has 2 aromatic heterocycles. The average molecular weight is 263 g/mol. The van der Waals surface area contributed by atoms with E-state index < -0.39 is 15.7 Å². The number of carboxylic acids is 1. The van der Waals surface area contributed by atoms with Gasteiger partial charge in [0.2, 0.25) is 0 Å². The molecule has 1 atom stereocenters. The molecule has 2 N–H and O–H groups in total. The van der Waals surface area contributed by atoms with Crippen LogP contribution in [-0.2, 0) is 9.73 Å². The molecule has 0 radical (unpaired) electrons. The van der Waals surface area contributed by atoms with Gasteiger partial charge in [0.1, 0.15) is 19.8 Å². The van der Waals surface area contributed by atoms with Crippen LogP contribution in [0.25, 0.3) is 0 Å². The lowest BCUT2D eigenvalue weighted by Crippen LogP contribution is -2.06. The second-order valence-electron chi connectivity index (χ2n) is 3.41. The normalized spacial score (nSPS) is 13.8. The maximum atomic E-state index is 12.3. The fraction of sp³-hybridized carbons (Fsp3) is 0. The van der Waals surface area contributed by atoms with Crippen molar-refractivity contribution in [1.29, 1.82) is 4.78 Å². The molecule has 0 aliphatic carbocycles. The van der Waals surface area contributed by atoms with Crippen molar-refractivity contribution in [2.75, 3.05) is 0 Å². The van der Waals surface area contributed by atoms with Crippen LogP contribution in [0.3, 0.4) is 0 Å². The smallest absolute Gasteiger partial charge is 0.337 e. The maximum Gasteiger partial charge on any atom is 0.337 e. The predicted molar refractivity (Wildman–Crippen MR) is 62.8 cm³/mol. The Morgan fingerprint density at radius 3 is 2.39 bits per heavy atom. The lowest BCUT2D eigenvalue weighted by Gasteiger charge is -2.05. The first-order chi connectivity index (χ1) is 8.51. The zero-order valence-corrected chi connectivity index (χ0v) is 9.92. The summed E-state index contributed by atoms with van der Waals surface area (Å²) in [7, 11) is -3.30. The predicted octanol–water partition coefficient (Wildman–Crippen LogP) is 1.64. The largest absolute Gasteiger partial charge is 0.478 e. The number of carbonyl (C=O) groups is 1. The zero-order chi connectivity index (χ0) is 13.2. The molecule has 0 saturated heterocycles. The average Bonchev–Trinajstić information content (AvgIpc) is 2.40. The molecule has 0 spiro atoms. The number of aromatic carboxylic acids is 1. The minimum absolute atomic E-state index is 0.00815. The molecular formula is C11H9N3O3S. The van der Waals surface area contributed by atoms with Crippen LogP contribution in [0.1, 0.15) is 10.4 Å². The van der Waals surface area contributed by atoms with E-state index in [1.807, 2.05) is 0 Å². The van der Waals surface area contributed by atoms with Crippen LogP contribution in [0.4, 0.5) is 0 Å². The Balaban J connectivity index is 2.46. The first-order valence-corrected chi connectivity index (χ1v) is 6.47. The van der Waals surface area contributed by atoms with Gasteiger partial charge in [0.15, 0.2) is 0 Å². The number of hydrogen-bond acceptors (Lipinski definition) is 5. The summed E-state index contributed by atoms with van der Waals surface area (Å²) >= 11 is 0. The van der Waals surface area contributed by atoms with E-state index in [-0.39, 0.29) is 15.6 Å². The third-order valence-electron chi connectivity index (χ3n) is 2.21. The van der Waals surface area contributed by atoms with Gasteiger partial charge in [-0.1, -0.05) is 6.07 Å². The first kappa shape index (κ1) is 12.2. The number of hydrogen-bond donors (Lipinski definition) is 2. The number of nitrogens with zero attached hydrogens (tertiary/aromatic N) is 2. The molecule has 6 nitrogen and oxygen atoms in total. The monoisotopic (exact) mass is 263 g/mol. The molecule has 92 valence electrons. The highest BCUT2D eigenvalue weighted by Crippen LogP contribution is 2.17. The fourth-order valence-corrected chi connectivity index (χ4v) is 2.46. The molecule has 0 amide bonds. The second kappa shape index (κ2) is 4.53. The molecule has 1 unspecified atom stereocenters. The van der Waals surface area contributed by atoms with Gasteiger partial charge in [-0.2, -0.15) is 0 Å². The van der Waals surface area contributed by atoms with E-state index in [4.69, 9.17) is 9.89 Å². The van der Waals surface area contributed by atoms with Crippen LogP contribution in [0.15, 0.2) is 52.8 Å². The summed E-state index contributed by atoms with van der Waals surface area (Å²) in [6.45, 7) is 0. The number of carboxylic acid groups (broad SMARTS) is 1. The fourth-order valence-electron chi connectivity index (χ4n) is 1.30. The molecule has 0 aromatic carbocycles. The van der Waals surface area contributed by atoms with Gasteiger partial charge in [-0.3, -0.25) is 0 Å². The quantitative estimate of drug-likeness (QED) is 0.875. The topological polar surface area (TPSA) is 104 Å². The van der Waals surface area contributed by atoms with E-state index in [1.54, 1.807) is 12.1 Å². The van der Waals surface area contributed by atoms with E-state index in [1.165, 1.54) is 24.4 Å². The Kier molecular flexibility index (Phi) is 3.07. The minimum atomic E-state index is -3.30. The summed E-state index contributed by atoms with van der Waals surface area (Å²) in [4.78, 5) is 18.3. The Labute approximate surface area is 103 Å². The Morgan fingerprint density at radius 2 is 1.89 bits per heavy atom. The Morgan fingerprint density at radius 1 is 1.17 bits per heavy atom. The molecule has 0 fully saturated rings. The van der Waals surface area contributed by atoms with Crippen molar-refractivity contribution in [3.63, 3.8) is 0 Å². The van der Waals surface area contributed by atoms with Crippen LogP contribution >= 0.6 is 0 Å². The summed E-state index contributed by atoms with van der Waals surface area (Å²) < 4.78 is 20.1. The highest BCUT2D eigenvalue weighted by atomic mass is 32.2. The number of nitrogens with one attached hydrogen (secondary N) is 1. The first-order valence-electron chi connectivity index (χ1n) is 4.91. The summed E-state index contributed by atoms with van der Waals surface area (Å²) in [5.41, 5.74) is -0.0185. The number of aromatic nitrogens is 2. The van der Waals surface area contributed by atoms with Gasteiger partial charge in [0, 0.05) is 12.4 Å². The standard InChI is InChI=1S/C11H9N3O3S/c12-18(17,9-3-1-2-6-13-9)10-5-4-8(7-14-10)11(15)16/h1-7,12H,(H,15,16). The molecule has 18 heavy (non-hydrogen) atoms. The zero-order valence-electron chi connectivity index (χ0n) is 9.11. The second-order valence-corrected chi connectivity index (χ2v) is 5.36. The Bertz CT molecular complexity index is 666. The number of pyridine rings is 2.